The van der Waals surface area contributed by atoms with Crippen LogP contribution in [0.2, 0.25) is 0 Å². The predicted octanol–water partition coefficient (Wildman–Crippen LogP) is 3.29. The Morgan fingerprint density at radius 1 is 1.04 bits per heavy atom. The van der Waals surface area contributed by atoms with Crippen LogP contribution in [0.4, 0.5) is 0 Å². The van der Waals surface area contributed by atoms with Crippen molar-refractivity contribution in [2.45, 2.75) is 25.4 Å². The van der Waals surface area contributed by atoms with Crippen molar-refractivity contribution in [1.82, 2.24) is 10.2 Å². The third-order valence-corrected chi connectivity index (χ3v) is 4.77. The van der Waals surface area contributed by atoms with Gasteiger partial charge in [-0.25, -0.2) is 0 Å². The van der Waals surface area contributed by atoms with Crippen LogP contribution in [0.15, 0.2) is 48.5 Å². The number of hydrogen-bond donors (Lipinski definition) is 1. The molecule has 1 saturated heterocycles. The monoisotopic (exact) mass is 374 g/mol. The fourth-order valence-corrected chi connectivity index (χ4v) is 3.46. The van der Waals surface area contributed by atoms with Gasteiger partial charge in [0.05, 0.1) is 0 Å². The lowest BCUT2D eigenvalue weighted by Gasteiger charge is -2.24. The normalized spacial score (nSPS) is 16.2. The Labute approximate surface area is 159 Å². The number of nitrogens with one attached hydrogen (secondary N) is 1. The number of halogens is 1. The predicted molar refractivity (Wildman–Crippen MR) is 102 cm³/mol. The van der Waals surface area contributed by atoms with Gasteiger partial charge in [0.15, 0.2) is 11.5 Å². The van der Waals surface area contributed by atoms with Crippen LogP contribution in [0.1, 0.15) is 30.0 Å². The highest BCUT2D eigenvalue weighted by atomic mass is 35.5. The molecule has 0 saturated carbocycles. The third-order valence-electron chi connectivity index (χ3n) is 4.77. The van der Waals surface area contributed by atoms with Crippen LogP contribution in [0, 0.1) is 0 Å². The van der Waals surface area contributed by atoms with Crippen molar-refractivity contribution in [3.63, 3.8) is 0 Å². The average Bonchev–Trinajstić information content (AvgIpc) is 3.34. The lowest BCUT2D eigenvalue weighted by atomic mass is 10.0. The number of para-hydroxylation sites is 1. The second kappa shape index (κ2) is 8.43. The van der Waals surface area contributed by atoms with Gasteiger partial charge in [-0.2, -0.15) is 0 Å². The molecule has 2 aromatic carbocycles. The van der Waals surface area contributed by atoms with Gasteiger partial charge in [-0.05, 0) is 24.5 Å². The van der Waals surface area contributed by atoms with Crippen molar-refractivity contribution in [2.24, 2.45) is 0 Å². The van der Waals surface area contributed by atoms with Gasteiger partial charge in [-0.3, -0.25) is 10.1 Å². The Bertz CT molecular complexity index is 748. The minimum Gasteiger partial charge on any atom is -0.454 e. The maximum absolute atomic E-state index is 13.0. The zero-order chi connectivity index (χ0) is 17.1. The van der Waals surface area contributed by atoms with Gasteiger partial charge in [0.2, 0.25) is 12.7 Å². The van der Waals surface area contributed by atoms with E-state index in [1.165, 1.54) is 0 Å². The van der Waals surface area contributed by atoms with E-state index in [1.807, 2.05) is 53.4 Å². The fourth-order valence-electron chi connectivity index (χ4n) is 3.46. The summed E-state index contributed by atoms with van der Waals surface area (Å²) in [4.78, 5) is 15.0. The molecule has 0 spiro atoms. The first-order chi connectivity index (χ1) is 12.3. The number of rotatable bonds is 5. The van der Waals surface area contributed by atoms with Crippen molar-refractivity contribution >= 4 is 18.3 Å². The molecule has 0 aromatic heterocycles. The fraction of sp³-hybridized carbons (Fsp3) is 0.350. The summed E-state index contributed by atoms with van der Waals surface area (Å²) >= 11 is 0. The summed E-state index contributed by atoms with van der Waals surface area (Å²) in [5.74, 6) is 1.69. The Morgan fingerprint density at radius 2 is 1.81 bits per heavy atom. The number of hydrogen-bond acceptors (Lipinski definition) is 4. The quantitative estimate of drug-likeness (QED) is 0.872. The summed E-state index contributed by atoms with van der Waals surface area (Å²) in [5.41, 5.74) is 1.99. The van der Waals surface area contributed by atoms with E-state index in [4.69, 9.17) is 9.47 Å². The van der Waals surface area contributed by atoms with Crippen molar-refractivity contribution in [3.05, 3.63) is 59.7 Å². The Morgan fingerprint density at radius 3 is 2.58 bits per heavy atom. The summed E-state index contributed by atoms with van der Waals surface area (Å²) in [6.45, 7) is 2.50. The molecule has 1 N–H and O–H groups in total. The smallest absolute Gasteiger partial charge is 0.244 e. The lowest BCUT2D eigenvalue weighted by Crippen LogP contribution is -2.39. The molecule has 26 heavy (non-hydrogen) atoms. The molecule has 1 fully saturated rings. The maximum Gasteiger partial charge on any atom is 0.244 e. The molecular weight excluding hydrogens is 352 g/mol. The number of amides is 1. The van der Waals surface area contributed by atoms with Gasteiger partial charge in [0, 0.05) is 25.2 Å². The van der Waals surface area contributed by atoms with Crippen LogP contribution in [0.3, 0.4) is 0 Å². The van der Waals surface area contributed by atoms with Crippen molar-refractivity contribution in [2.75, 3.05) is 19.9 Å². The summed E-state index contributed by atoms with van der Waals surface area (Å²) in [7, 11) is 0. The molecule has 6 heteroatoms. The van der Waals surface area contributed by atoms with Crippen molar-refractivity contribution in [3.8, 4) is 11.5 Å². The van der Waals surface area contributed by atoms with E-state index in [9.17, 15) is 4.79 Å². The molecule has 1 unspecified atom stereocenters. The minimum absolute atomic E-state index is 0. The molecular formula is C20H23ClN2O3. The second-order valence-corrected chi connectivity index (χ2v) is 6.41. The van der Waals surface area contributed by atoms with Crippen LogP contribution < -0.4 is 14.8 Å². The molecule has 0 bridgehead atoms. The summed E-state index contributed by atoms with van der Waals surface area (Å²) < 4.78 is 11.0. The Hall–Kier alpha value is -2.24. The molecule has 4 rings (SSSR count). The van der Waals surface area contributed by atoms with Gasteiger partial charge >= 0.3 is 0 Å². The Kier molecular flexibility index (Phi) is 6.01. The summed E-state index contributed by atoms with van der Waals surface area (Å²) in [6, 6.07) is 15.4. The largest absolute Gasteiger partial charge is 0.454 e. The van der Waals surface area contributed by atoms with E-state index >= 15 is 0 Å². The standard InChI is InChI=1S/C20H22N2O3.ClH/c23-20(22-11-4-5-12-22)18(15-7-2-1-3-8-15)21-13-16-9-6-10-17-19(16)25-14-24-17;/h1-3,6-10,18,21H,4-5,11-14H2;1H. The highest BCUT2D eigenvalue weighted by Crippen LogP contribution is 2.35. The number of carbonyl (C=O) groups excluding carboxylic acids is 1. The van der Waals surface area contributed by atoms with E-state index in [0.29, 0.717) is 6.54 Å². The van der Waals surface area contributed by atoms with Gasteiger partial charge < -0.3 is 14.4 Å². The van der Waals surface area contributed by atoms with Crippen molar-refractivity contribution < 1.29 is 14.3 Å². The van der Waals surface area contributed by atoms with Crippen LogP contribution in [-0.2, 0) is 11.3 Å². The van der Waals surface area contributed by atoms with Crippen LogP contribution in [-0.4, -0.2) is 30.7 Å². The third kappa shape index (κ3) is 3.79. The van der Waals surface area contributed by atoms with Gasteiger partial charge in [-0.1, -0.05) is 42.5 Å². The molecule has 1 atom stereocenters. The van der Waals surface area contributed by atoms with E-state index in [2.05, 4.69) is 5.32 Å². The average molecular weight is 375 g/mol. The molecule has 2 aliphatic rings. The minimum atomic E-state index is -0.350. The first-order valence-electron chi connectivity index (χ1n) is 8.77. The molecule has 5 nitrogen and oxygen atoms in total. The zero-order valence-electron chi connectivity index (χ0n) is 14.5. The molecule has 2 aromatic rings. The number of nitrogens with zero attached hydrogens (tertiary/aromatic N) is 1. The molecule has 0 radical (unpaired) electrons. The summed E-state index contributed by atoms with van der Waals surface area (Å²) in [6.07, 6.45) is 2.18. The highest BCUT2D eigenvalue weighted by molar-refractivity contribution is 5.85. The van der Waals surface area contributed by atoms with E-state index in [1.54, 1.807) is 0 Å². The van der Waals surface area contributed by atoms with Gasteiger partial charge in [-0.15, -0.1) is 12.4 Å². The molecule has 1 amide bonds. The lowest BCUT2D eigenvalue weighted by molar-refractivity contribution is -0.132. The summed E-state index contributed by atoms with van der Waals surface area (Å²) in [5, 5.41) is 3.43. The number of carbonyl (C=O) groups is 1. The van der Waals surface area contributed by atoms with Crippen LogP contribution in [0.25, 0.3) is 0 Å². The van der Waals surface area contributed by atoms with Gasteiger partial charge in [0.25, 0.3) is 0 Å². The molecule has 0 aliphatic carbocycles. The first-order valence-corrected chi connectivity index (χ1v) is 8.77. The van der Waals surface area contributed by atoms with E-state index < -0.39 is 0 Å². The topological polar surface area (TPSA) is 50.8 Å². The highest BCUT2D eigenvalue weighted by Gasteiger charge is 2.28. The molecule has 2 heterocycles. The maximum atomic E-state index is 13.0. The number of likely N-dealkylation sites (tertiary alicyclic amines) is 1. The van der Waals surface area contributed by atoms with Crippen LogP contribution >= 0.6 is 12.4 Å². The van der Waals surface area contributed by atoms with E-state index in [0.717, 1.165) is 48.6 Å². The number of fused-ring (bicyclic) bond motifs is 1. The molecule has 2 aliphatic heterocycles. The molecule has 138 valence electrons. The number of ether oxygens (including phenoxy) is 2. The van der Waals surface area contributed by atoms with Gasteiger partial charge in [0.1, 0.15) is 6.04 Å². The SMILES string of the molecule is Cl.O=C(C(NCc1cccc2c1OCO2)c1ccccc1)N1CCCC1. The first kappa shape index (κ1) is 18.5. The second-order valence-electron chi connectivity index (χ2n) is 6.41. The number of benzene rings is 2. The van der Waals surface area contributed by atoms with Crippen LogP contribution in [0.5, 0.6) is 11.5 Å². The zero-order valence-corrected chi connectivity index (χ0v) is 15.3. The Balaban J connectivity index is 0.00000196. The van der Waals surface area contributed by atoms with E-state index in [-0.39, 0.29) is 31.1 Å². The van der Waals surface area contributed by atoms with Crippen molar-refractivity contribution in [1.29, 1.82) is 0 Å².